The lowest BCUT2D eigenvalue weighted by molar-refractivity contribution is -0.0358. The summed E-state index contributed by atoms with van der Waals surface area (Å²) >= 11 is 0. The predicted molar refractivity (Wildman–Crippen MR) is 64.4 cm³/mol. The number of likely N-dealkylation sites (N-methyl/N-ethyl adjacent to an activating group) is 1. The van der Waals surface area contributed by atoms with Gasteiger partial charge in [-0.05, 0) is 6.54 Å². The number of aromatic nitrogens is 3. The number of nitrogens with two attached hydrogens (primary N) is 1. The highest BCUT2D eigenvalue weighted by Crippen LogP contribution is 2.06. The second-order valence-electron chi connectivity index (χ2n) is 4.16. The third-order valence-electron chi connectivity index (χ3n) is 2.93. The van der Waals surface area contributed by atoms with Crippen LogP contribution in [0.5, 0.6) is 0 Å². The molecule has 1 fully saturated rings. The van der Waals surface area contributed by atoms with Crippen molar-refractivity contribution in [3.8, 4) is 0 Å². The van der Waals surface area contributed by atoms with E-state index in [-0.39, 0.29) is 17.8 Å². The zero-order chi connectivity index (χ0) is 13.0. The lowest BCUT2D eigenvalue weighted by atomic mass is 10.2. The fourth-order valence-corrected chi connectivity index (χ4v) is 1.93. The molecule has 1 aliphatic heterocycles. The Bertz CT molecular complexity index is 418. The molecule has 1 saturated heterocycles. The largest absolute Gasteiger partial charge is 0.409 e. The van der Waals surface area contributed by atoms with Gasteiger partial charge in [0.05, 0.1) is 19.3 Å². The van der Waals surface area contributed by atoms with Crippen molar-refractivity contribution in [3.63, 3.8) is 0 Å². The molecule has 18 heavy (non-hydrogen) atoms. The number of oxime groups is 1. The van der Waals surface area contributed by atoms with E-state index < -0.39 is 0 Å². The van der Waals surface area contributed by atoms with E-state index in [1.807, 2.05) is 0 Å². The van der Waals surface area contributed by atoms with E-state index in [1.165, 1.54) is 0 Å². The van der Waals surface area contributed by atoms with E-state index in [9.17, 15) is 0 Å². The first-order valence-corrected chi connectivity index (χ1v) is 5.94. The number of rotatable bonds is 4. The van der Waals surface area contributed by atoms with Gasteiger partial charge in [-0.1, -0.05) is 12.1 Å². The third-order valence-corrected chi connectivity index (χ3v) is 2.93. The average Bonchev–Trinajstić information content (AvgIpc) is 2.86. The molecule has 0 bridgehead atoms. The Labute approximate surface area is 105 Å². The van der Waals surface area contributed by atoms with E-state index in [0.29, 0.717) is 6.54 Å². The van der Waals surface area contributed by atoms with Crippen LogP contribution in [0.2, 0.25) is 0 Å². The molecule has 8 nitrogen and oxygen atoms in total. The van der Waals surface area contributed by atoms with Gasteiger partial charge >= 0.3 is 0 Å². The van der Waals surface area contributed by atoms with Crippen molar-refractivity contribution in [2.24, 2.45) is 10.9 Å². The van der Waals surface area contributed by atoms with Crippen molar-refractivity contribution in [1.29, 1.82) is 0 Å². The minimum Gasteiger partial charge on any atom is -0.409 e. The van der Waals surface area contributed by atoms with Crippen LogP contribution in [0.1, 0.15) is 12.7 Å². The van der Waals surface area contributed by atoms with Crippen molar-refractivity contribution in [1.82, 2.24) is 19.7 Å². The lowest BCUT2D eigenvalue weighted by Crippen LogP contribution is -2.44. The second-order valence-corrected chi connectivity index (χ2v) is 4.16. The van der Waals surface area contributed by atoms with Crippen molar-refractivity contribution in [3.05, 3.63) is 12.2 Å². The highest BCUT2D eigenvalue weighted by molar-refractivity contribution is 5.93. The van der Waals surface area contributed by atoms with E-state index in [2.05, 4.69) is 27.1 Å². The molecule has 1 aliphatic rings. The molecule has 0 radical (unpaired) electrons. The van der Waals surface area contributed by atoms with Crippen LogP contribution in [0.25, 0.3) is 0 Å². The third kappa shape index (κ3) is 2.96. The molecule has 0 aromatic carbocycles. The van der Waals surface area contributed by atoms with Crippen molar-refractivity contribution in [2.75, 3.05) is 26.2 Å². The lowest BCUT2D eigenvalue weighted by Gasteiger charge is -2.31. The maximum absolute atomic E-state index is 8.53. The summed E-state index contributed by atoms with van der Waals surface area (Å²) in [5, 5.41) is 15.5. The summed E-state index contributed by atoms with van der Waals surface area (Å²) < 4.78 is 7.32. The molecular weight excluding hydrogens is 236 g/mol. The van der Waals surface area contributed by atoms with Crippen molar-refractivity contribution >= 4 is 5.84 Å². The Balaban J connectivity index is 1.95. The summed E-state index contributed by atoms with van der Waals surface area (Å²) in [4.78, 5) is 6.29. The summed E-state index contributed by atoms with van der Waals surface area (Å²) in [7, 11) is 0. The highest BCUT2D eigenvalue weighted by atomic mass is 16.5. The summed E-state index contributed by atoms with van der Waals surface area (Å²) in [5.41, 5.74) is 5.41. The molecule has 2 rings (SSSR count). The second kappa shape index (κ2) is 5.78. The molecule has 3 N–H and O–H groups in total. The van der Waals surface area contributed by atoms with Crippen LogP contribution in [0.3, 0.4) is 0 Å². The number of ether oxygens (including phenoxy) is 1. The minimum atomic E-state index is -0.0894. The number of nitrogens with zero attached hydrogens (tertiary/aromatic N) is 5. The molecule has 1 aromatic heterocycles. The first-order valence-electron chi connectivity index (χ1n) is 5.94. The molecule has 1 aromatic rings. The molecule has 0 saturated carbocycles. The average molecular weight is 254 g/mol. The Morgan fingerprint density at radius 1 is 1.72 bits per heavy atom. The minimum absolute atomic E-state index is 0.0894. The van der Waals surface area contributed by atoms with Crippen LogP contribution in [-0.4, -0.2) is 63.1 Å². The zero-order valence-corrected chi connectivity index (χ0v) is 10.4. The fourth-order valence-electron chi connectivity index (χ4n) is 1.93. The van der Waals surface area contributed by atoms with E-state index in [0.717, 1.165) is 26.2 Å². The van der Waals surface area contributed by atoms with Crippen molar-refractivity contribution < 1.29 is 9.94 Å². The molecule has 8 heteroatoms. The highest BCUT2D eigenvalue weighted by Gasteiger charge is 2.20. The molecule has 2 heterocycles. The predicted octanol–water partition coefficient (Wildman–Crippen LogP) is -0.907. The molecule has 0 aliphatic carbocycles. The van der Waals surface area contributed by atoms with Crippen LogP contribution in [0, 0.1) is 0 Å². The van der Waals surface area contributed by atoms with Crippen LogP contribution in [-0.2, 0) is 11.3 Å². The van der Waals surface area contributed by atoms with Crippen LogP contribution in [0.15, 0.2) is 11.5 Å². The van der Waals surface area contributed by atoms with Gasteiger partial charge in [0.2, 0.25) is 11.7 Å². The van der Waals surface area contributed by atoms with E-state index >= 15 is 0 Å². The van der Waals surface area contributed by atoms with Gasteiger partial charge in [-0.25, -0.2) is 9.67 Å². The number of morpholine rings is 1. The van der Waals surface area contributed by atoms with Crippen molar-refractivity contribution in [2.45, 2.75) is 19.6 Å². The topological polar surface area (TPSA) is 102 Å². The Morgan fingerprint density at radius 2 is 2.56 bits per heavy atom. The number of hydrogen-bond donors (Lipinski definition) is 2. The Morgan fingerprint density at radius 3 is 3.28 bits per heavy atom. The normalized spacial score (nSPS) is 22.3. The SMILES string of the molecule is CCN1CCOC(Cn2cnc(C(N)=NO)n2)C1. The monoisotopic (exact) mass is 254 g/mol. The summed E-state index contributed by atoms with van der Waals surface area (Å²) in [6, 6.07) is 0. The van der Waals surface area contributed by atoms with Crippen LogP contribution in [0.4, 0.5) is 0 Å². The quantitative estimate of drug-likeness (QED) is 0.312. The first-order chi connectivity index (χ1) is 8.72. The van der Waals surface area contributed by atoms with Gasteiger partial charge in [-0.15, -0.1) is 5.10 Å². The standard InChI is InChI=1S/C10H18N6O2/c1-2-15-3-4-18-8(5-15)6-16-7-12-10(13-16)9(11)14-17/h7-8,17H,2-6H2,1H3,(H2,11,14). The van der Waals surface area contributed by atoms with Gasteiger partial charge in [-0.3, -0.25) is 4.90 Å². The van der Waals surface area contributed by atoms with E-state index in [1.54, 1.807) is 11.0 Å². The van der Waals surface area contributed by atoms with Gasteiger partial charge in [-0.2, -0.15) is 0 Å². The molecule has 0 spiro atoms. The van der Waals surface area contributed by atoms with Gasteiger partial charge in [0.15, 0.2) is 0 Å². The smallest absolute Gasteiger partial charge is 0.219 e. The van der Waals surface area contributed by atoms with Gasteiger partial charge in [0.1, 0.15) is 6.33 Å². The maximum Gasteiger partial charge on any atom is 0.219 e. The van der Waals surface area contributed by atoms with Gasteiger partial charge < -0.3 is 15.7 Å². The summed E-state index contributed by atoms with van der Waals surface area (Å²) in [6.07, 6.45) is 1.65. The van der Waals surface area contributed by atoms with Crippen LogP contribution < -0.4 is 5.73 Å². The summed E-state index contributed by atoms with van der Waals surface area (Å²) in [5.74, 6) is 0.133. The summed E-state index contributed by atoms with van der Waals surface area (Å²) in [6.45, 7) is 6.36. The van der Waals surface area contributed by atoms with E-state index in [4.69, 9.17) is 15.7 Å². The van der Waals surface area contributed by atoms with Gasteiger partial charge in [0, 0.05) is 13.1 Å². The number of amidine groups is 1. The molecular formula is C10H18N6O2. The maximum atomic E-state index is 8.53. The molecule has 0 amide bonds. The molecule has 1 unspecified atom stereocenters. The zero-order valence-electron chi connectivity index (χ0n) is 10.4. The van der Waals surface area contributed by atoms with Gasteiger partial charge in [0.25, 0.3) is 0 Å². The molecule has 1 atom stereocenters. The Kier molecular flexibility index (Phi) is 4.11. The first kappa shape index (κ1) is 12.8. The Hall–Kier alpha value is -1.67. The molecule has 100 valence electrons. The van der Waals surface area contributed by atoms with Crippen LogP contribution >= 0.6 is 0 Å². The number of hydrogen-bond acceptors (Lipinski definition) is 6. The fraction of sp³-hybridized carbons (Fsp3) is 0.700.